The summed E-state index contributed by atoms with van der Waals surface area (Å²) in [5, 5.41) is 14.9. The summed E-state index contributed by atoms with van der Waals surface area (Å²) in [4.78, 5) is 1.34. The molecule has 2 aromatic rings. The average molecular weight is 317 g/mol. The molecule has 0 N–H and O–H groups in total. The summed E-state index contributed by atoms with van der Waals surface area (Å²) in [5.41, 5.74) is 0. The molecule has 7 heteroatoms. The molecule has 84 valence electrons. The van der Waals surface area contributed by atoms with E-state index in [1.165, 1.54) is 17.7 Å². The molecule has 0 aliphatic heterocycles. The first kappa shape index (κ1) is 10.7. The van der Waals surface area contributed by atoms with Gasteiger partial charge in [-0.1, -0.05) is 11.8 Å². The van der Waals surface area contributed by atoms with Crippen LogP contribution in [0, 0.1) is 0 Å². The van der Waals surface area contributed by atoms with E-state index in [4.69, 9.17) is 0 Å². The van der Waals surface area contributed by atoms with Gasteiger partial charge in [0.1, 0.15) is 0 Å². The summed E-state index contributed by atoms with van der Waals surface area (Å²) in [6.45, 7) is 0. The third kappa shape index (κ3) is 2.31. The zero-order valence-electron chi connectivity index (χ0n) is 8.34. The first-order chi connectivity index (χ1) is 7.83. The number of hydrogen-bond donors (Lipinski definition) is 0. The molecule has 0 amide bonds. The van der Waals surface area contributed by atoms with E-state index in [9.17, 15) is 0 Å². The van der Waals surface area contributed by atoms with Gasteiger partial charge in [0.15, 0.2) is 0 Å². The maximum atomic E-state index is 4.06. The summed E-state index contributed by atoms with van der Waals surface area (Å²) in [6.07, 6.45) is 2.42. The van der Waals surface area contributed by atoms with Gasteiger partial charge in [-0.2, -0.15) is 0 Å². The molecule has 4 nitrogen and oxygen atoms in total. The molecule has 1 aliphatic carbocycles. The topological polar surface area (TPSA) is 43.6 Å². The van der Waals surface area contributed by atoms with E-state index < -0.39 is 0 Å². The van der Waals surface area contributed by atoms with Crippen LogP contribution in [0.5, 0.6) is 0 Å². The van der Waals surface area contributed by atoms with Crippen molar-refractivity contribution in [2.24, 2.45) is 0 Å². The minimum Gasteiger partial charge on any atom is -0.217 e. The number of rotatable bonds is 4. The molecule has 0 radical (unpaired) electrons. The molecule has 1 saturated carbocycles. The zero-order chi connectivity index (χ0) is 11.0. The summed E-state index contributed by atoms with van der Waals surface area (Å²) in [5.74, 6) is 0.934. The molecular weight excluding hydrogens is 308 g/mol. The van der Waals surface area contributed by atoms with Crippen molar-refractivity contribution in [1.82, 2.24) is 20.2 Å². The number of nitrogens with zero attached hydrogens (tertiary/aromatic N) is 4. The fraction of sp³-hybridized carbons (Fsp3) is 0.444. The maximum Gasteiger partial charge on any atom is 0.209 e. The van der Waals surface area contributed by atoms with Gasteiger partial charge in [0.2, 0.25) is 5.16 Å². The van der Waals surface area contributed by atoms with Crippen LogP contribution in [-0.4, -0.2) is 20.2 Å². The molecule has 0 atom stereocenters. The van der Waals surface area contributed by atoms with Crippen LogP contribution >= 0.6 is 39.0 Å². The second-order valence-corrected chi connectivity index (χ2v) is 6.51. The highest BCUT2D eigenvalue weighted by molar-refractivity contribution is 9.10. The Morgan fingerprint density at radius 2 is 2.44 bits per heavy atom. The third-order valence-corrected chi connectivity index (χ3v) is 5.18. The van der Waals surface area contributed by atoms with Crippen LogP contribution in [0.15, 0.2) is 21.1 Å². The highest BCUT2D eigenvalue weighted by atomic mass is 79.9. The van der Waals surface area contributed by atoms with E-state index in [1.807, 2.05) is 4.68 Å². The number of hydrogen-bond acceptors (Lipinski definition) is 5. The van der Waals surface area contributed by atoms with Crippen molar-refractivity contribution < 1.29 is 0 Å². The fourth-order valence-electron chi connectivity index (χ4n) is 1.39. The van der Waals surface area contributed by atoms with Gasteiger partial charge in [-0.25, -0.2) is 4.68 Å². The van der Waals surface area contributed by atoms with Gasteiger partial charge in [0, 0.05) is 20.5 Å². The standard InChI is InChI=1S/C9H9BrN4S2/c10-6-3-8(15-4-6)5-16-9-11-12-13-14(9)7-1-2-7/h3-4,7H,1-2,5H2. The summed E-state index contributed by atoms with van der Waals surface area (Å²) >= 11 is 6.91. The van der Waals surface area contributed by atoms with Crippen LogP contribution in [0.3, 0.4) is 0 Å². The van der Waals surface area contributed by atoms with Crippen LogP contribution in [-0.2, 0) is 5.75 Å². The van der Waals surface area contributed by atoms with E-state index in [1.54, 1.807) is 23.1 Å². The van der Waals surface area contributed by atoms with Gasteiger partial charge in [-0.05, 0) is 45.3 Å². The Bertz CT molecular complexity index is 491. The molecule has 0 saturated heterocycles. The van der Waals surface area contributed by atoms with Gasteiger partial charge in [0.25, 0.3) is 0 Å². The predicted octanol–water partition coefficient (Wildman–Crippen LogP) is 3.12. The van der Waals surface area contributed by atoms with Crippen molar-refractivity contribution in [3.05, 3.63) is 20.8 Å². The Morgan fingerprint density at radius 3 is 3.12 bits per heavy atom. The number of thioether (sulfide) groups is 1. The normalized spacial score (nSPS) is 15.6. The molecule has 16 heavy (non-hydrogen) atoms. The van der Waals surface area contributed by atoms with Gasteiger partial charge in [-0.15, -0.1) is 16.4 Å². The predicted molar refractivity (Wildman–Crippen MR) is 67.7 cm³/mol. The Labute approximate surface area is 110 Å². The SMILES string of the molecule is Brc1csc(CSc2nnnn2C2CC2)c1. The lowest BCUT2D eigenvalue weighted by Gasteiger charge is -2.00. The van der Waals surface area contributed by atoms with Crippen LogP contribution in [0.1, 0.15) is 23.8 Å². The Balaban J connectivity index is 1.67. The first-order valence-electron chi connectivity index (χ1n) is 4.96. The van der Waals surface area contributed by atoms with Crippen molar-refractivity contribution in [2.75, 3.05) is 0 Å². The molecule has 3 rings (SSSR count). The molecule has 1 aliphatic rings. The van der Waals surface area contributed by atoms with Gasteiger partial charge < -0.3 is 0 Å². The lowest BCUT2D eigenvalue weighted by atomic mass is 10.5. The lowest BCUT2D eigenvalue weighted by Crippen LogP contribution is -1.98. The zero-order valence-corrected chi connectivity index (χ0v) is 11.6. The molecule has 2 aromatic heterocycles. The minimum absolute atomic E-state index is 0.549. The molecule has 2 heterocycles. The molecule has 0 aromatic carbocycles. The lowest BCUT2D eigenvalue weighted by molar-refractivity contribution is 0.565. The van der Waals surface area contributed by atoms with Crippen LogP contribution in [0.2, 0.25) is 0 Å². The van der Waals surface area contributed by atoms with Crippen molar-refractivity contribution in [3.8, 4) is 0 Å². The number of tetrazole rings is 1. The third-order valence-electron chi connectivity index (χ3n) is 2.32. The largest absolute Gasteiger partial charge is 0.217 e. The fourth-order valence-corrected chi connectivity index (χ4v) is 3.84. The quantitative estimate of drug-likeness (QED) is 0.813. The van der Waals surface area contributed by atoms with Crippen molar-refractivity contribution in [2.45, 2.75) is 29.8 Å². The number of aromatic nitrogens is 4. The Kier molecular flexibility index (Phi) is 2.99. The van der Waals surface area contributed by atoms with Crippen LogP contribution in [0.4, 0.5) is 0 Å². The molecular formula is C9H9BrN4S2. The van der Waals surface area contributed by atoms with Gasteiger partial charge >= 0.3 is 0 Å². The second-order valence-electron chi connectivity index (χ2n) is 3.66. The monoisotopic (exact) mass is 316 g/mol. The smallest absolute Gasteiger partial charge is 0.209 e. The molecule has 0 spiro atoms. The molecule has 1 fully saturated rings. The van der Waals surface area contributed by atoms with E-state index >= 15 is 0 Å². The van der Waals surface area contributed by atoms with Crippen molar-refractivity contribution >= 4 is 39.0 Å². The van der Waals surface area contributed by atoms with E-state index in [0.717, 1.165) is 15.4 Å². The van der Waals surface area contributed by atoms with E-state index in [2.05, 4.69) is 42.9 Å². The first-order valence-corrected chi connectivity index (χ1v) is 7.62. The average Bonchev–Trinajstić information content (AvgIpc) is 2.86. The number of halogens is 1. The summed E-state index contributed by atoms with van der Waals surface area (Å²) < 4.78 is 3.10. The Hall–Kier alpha value is -0.400. The number of thiophene rings is 1. The highest BCUT2D eigenvalue weighted by Crippen LogP contribution is 2.37. The van der Waals surface area contributed by atoms with Crippen LogP contribution in [0.25, 0.3) is 0 Å². The van der Waals surface area contributed by atoms with Crippen LogP contribution < -0.4 is 0 Å². The van der Waals surface area contributed by atoms with E-state index in [0.29, 0.717) is 6.04 Å². The van der Waals surface area contributed by atoms with Gasteiger partial charge in [-0.3, -0.25) is 0 Å². The van der Waals surface area contributed by atoms with E-state index in [-0.39, 0.29) is 0 Å². The summed E-state index contributed by atoms with van der Waals surface area (Å²) in [7, 11) is 0. The second kappa shape index (κ2) is 4.46. The molecule has 0 bridgehead atoms. The van der Waals surface area contributed by atoms with Crippen molar-refractivity contribution in [1.29, 1.82) is 0 Å². The molecule has 0 unspecified atom stereocenters. The van der Waals surface area contributed by atoms with Gasteiger partial charge in [0.05, 0.1) is 6.04 Å². The van der Waals surface area contributed by atoms with Crippen molar-refractivity contribution in [3.63, 3.8) is 0 Å². The maximum absolute atomic E-state index is 4.06. The minimum atomic E-state index is 0.549. The summed E-state index contributed by atoms with van der Waals surface area (Å²) in [6, 6.07) is 2.69. The highest BCUT2D eigenvalue weighted by Gasteiger charge is 2.27. The Morgan fingerprint density at radius 1 is 1.56 bits per heavy atom.